The number of ether oxygens (including phenoxy) is 2. The van der Waals surface area contributed by atoms with Crippen LogP contribution in [0.4, 0.5) is 0 Å². The molecule has 3 heteroatoms. The number of hydrogen-bond acceptors (Lipinski definition) is 3. The van der Waals surface area contributed by atoms with Crippen LogP contribution in [0.15, 0.2) is 18.2 Å². The molecule has 1 fully saturated rings. The van der Waals surface area contributed by atoms with Crippen molar-refractivity contribution in [2.24, 2.45) is 0 Å². The van der Waals surface area contributed by atoms with Crippen LogP contribution >= 0.6 is 0 Å². The Hall–Kier alpha value is -1.19. The van der Waals surface area contributed by atoms with Gasteiger partial charge < -0.3 is 9.47 Å². The van der Waals surface area contributed by atoms with Crippen molar-refractivity contribution in [1.29, 1.82) is 0 Å². The molecule has 0 saturated carbocycles. The summed E-state index contributed by atoms with van der Waals surface area (Å²) in [5.41, 5.74) is 3.07. The third kappa shape index (κ3) is 3.40. The first-order valence-electron chi connectivity index (χ1n) is 6.46. The van der Waals surface area contributed by atoms with Crippen LogP contribution in [0.1, 0.15) is 34.3 Å². The summed E-state index contributed by atoms with van der Waals surface area (Å²) in [6, 6.07) is 5.76. The van der Waals surface area contributed by atoms with Gasteiger partial charge in [-0.2, -0.15) is 0 Å². The van der Waals surface area contributed by atoms with Crippen molar-refractivity contribution >= 4 is 5.78 Å². The second-order valence-electron chi connectivity index (χ2n) is 4.87. The first kappa shape index (κ1) is 13.2. The fourth-order valence-corrected chi connectivity index (χ4v) is 2.06. The summed E-state index contributed by atoms with van der Waals surface area (Å²) in [4.78, 5) is 11.9. The molecule has 0 amide bonds. The largest absolute Gasteiger partial charge is 0.376 e. The lowest BCUT2D eigenvalue weighted by Gasteiger charge is -2.10. The molecule has 0 radical (unpaired) electrons. The summed E-state index contributed by atoms with van der Waals surface area (Å²) in [5, 5.41) is 0. The van der Waals surface area contributed by atoms with Crippen molar-refractivity contribution in [2.45, 2.75) is 32.8 Å². The molecule has 18 heavy (non-hydrogen) atoms. The van der Waals surface area contributed by atoms with E-state index >= 15 is 0 Å². The van der Waals surface area contributed by atoms with Gasteiger partial charge in [0.25, 0.3) is 0 Å². The molecule has 1 heterocycles. The molecule has 0 spiro atoms. The van der Waals surface area contributed by atoms with E-state index in [0.717, 1.165) is 30.6 Å². The van der Waals surface area contributed by atoms with Crippen LogP contribution in [0.2, 0.25) is 0 Å². The number of hydrogen-bond donors (Lipinski definition) is 0. The SMILES string of the molecule is Cc1ccc(C(=O)COCC2CCCO2)cc1C. The third-order valence-electron chi connectivity index (χ3n) is 3.39. The first-order valence-corrected chi connectivity index (χ1v) is 6.46. The lowest BCUT2D eigenvalue weighted by molar-refractivity contribution is 0.0190. The van der Waals surface area contributed by atoms with E-state index in [0.29, 0.717) is 6.61 Å². The molecule has 1 aromatic rings. The second-order valence-corrected chi connectivity index (χ2v) is 4.87. The zero-order chi connectivity index (χ0) is 13.0. The quantitative estimate of drug-likeness (QED) is 0.751. The van der Waals surface area contributed by atoms with Crippen molar-refractivity contribution in [2.75, 3.05) is 19.8 Å². The molecule has 1 atom stereocenters. The number of aryl methyl sites for hydroxylation is 2. The van der Waals surface area contributed by atoms with Gasteiger partial charge in [-0.3, -0.25) is 4.79 Å². The maximum Gasteiger partial charge on any atom is 0.188 e. The average molecular weight is 248 g/mol. The zero-order valence-electron chi connectivity index (χ0n) is 11.1. The monoisotopic (exact) mass is 248 g/mol. The minimum Gasteiger partial charge on any atom is -0.376 e. The number of rotatable bonds is 5. The molecule has 3 nitrogen and oxygen atoms in total. The highest BCUT2D eigenvalue weighted by atomic mass is 16.5. The van der Waals surface area contributed by atoms with Gasteiger partial charge in [-0.15, -0.1) is 0 Å². The Labute approximate surface area is 108 Å². The number of carbonyl (C=O) groups excluding carboxylic acids is 1. The predicted octanol–water partition coefficient (Wildman–Crippen LogP) is 2.68. The number of Topliss-reactive ketones (excluding diaryl/α,β-unsaturated/α-hetero) is 1. The Morgan fingerprint density at radius 3 is 2.89 bits per heavy atom. The summed E-state index contributed by atoms with van der Waals surface area (Å²) < 4.78 is 10.9. The molecule has 1 aliphatic heterocycles. The van der Waals surface area contributed by atoms with Crippen LogP contribution in [-0.4, -0.2) is 31.7 Å². The minimum absolute atomic E-state index is 0.0381. The fourth-order valence-electron chi connectivity index (χ4n) is 2.06. The molecule has 2 rings (SSSR count). The Balaban J connectivity index is 1.81. The maximum absolute atomic E-state index is 11.9. The molecule has 98 valence electrons. The Kier molecular flexibility index (Phi) is 4.50. The van der Waals surface area contributed by atoms with Crippen LogP contribution in [0.3, 0.4) is 0 Å². The number of carbonyl (C=O) groups is 1. The molecule has 0 bridgehead atoms. The molecular weight excluding hydrogens is 228 g/mol. The smallest absolute Gasteiger partial charge is 0.188 e. The molecule has 1 aliphatic rings. The highest BCUT2D eigenvalue weighted by Gasteiger charge is 2.16. The van der Waals surface area contributed by atoms with E-state index in [1.807, 2.05) is 32.0 Å². The van der Waals surface area contributed by atoms with Gasteiger partial charge in [0, 0.05) is 12.2 Å². The van der Waals surface area contributed by atoms with E-state index in [2.05, 4.69) is 0 Å². The molecule has 1 aromatic carbocycles. The fraction of sp³-hybridized carbons (Fsp3) is 0.533. The lowest BCUT2D eigenvalue weighted by atomic mass is 10.0. The second kappa shape index (κ2) is 6.12. The standard InChI is InChI=1S/C15H20O3/c1-11-5-6-13(8-12(11)2)15(16)10-17-9-14-4-3-7-18-14/h5-6,8,14H,3-4,7,9-10H2,1-2H3. The van der Waals surface area contributed by atoms with Crippen molar-refractivity contribution in [3.8, 4) is 0 Å². The summed E-state index contributed by atoms with van der Waals surface area (Å²) in [6.07, 6.45) is 2.31. The van der Waals surface area contributed by atoms with Crippen LogP contribution in [-0.2, 0) is 9.47 Å². The normalized spacial score (nSPS) is 19.1. The first-order chi connectivity index (χ1) is 8.66. The van der Waals surface area contributed by atoms with E-state index in [4.69, 9.17) is 9.47 Å². The number of ketones is 1. The highest BCUT2D eigenvalue weighted by Crippen LogP contribution is 2.13. The van der Waals surface area contributed by atoms with Gasteiger partial charge in [-0.1, -0.05) is 12.1 Å². The van der Waals surface area contributed by atoms with E-state index in [1.54, 1.807) is 0 Å². The molecular formula is C15H20O3. The predicted molar refractivity (Wildman–Crippen MR) is 70.0 cm³/mol. The summed E-state index contributed by atoms with van der Waals surface area (Å²) in [7, 11) is 0. The van der Waals surface area contributed by atoms with Crippen molar-refractivity contribution < 1.29 is 14.3 Å². The van der Waals surface area contributed by atoms with Crippen LogP contribution in [0.25, 0.3) is 0 Å². The maximum atomic E-state index is 11.9. The molecule has 1 saturated heterocycles. The Morgan fingerprint density at radius 2 is 2.22 bits per heavy atom. The van der Waals surface area contributed by atoms with E-state index in [9.17, 15) is 4.79 Å². The molecule has 0 aliphatic carbocycles. The Morgan fingerprint density at radius 1 is 1.39 bits per heavy atom. The van der Waals surface area contributed by atoms with Gasteiger partial charge >= 0.3 is 0 Å². The topological polar surface area (TPSA) is 35.5 Å². The van der Waals surface area contributed by atoms with Gasteiger partial charge in [-0.25, -0.2) is 0 Å². The van der Waals surface area contributed by atoms with E-state index in [-0.39, 0.29) is 18.5 Å². The van der Waals surface area contributed by atoms with Gasteiger partial charge in [0.05, 0.1) is 12.7 Å². The summed E-state index contributed by atoms with van der Waals surface area (Å²) in [6.45, 7) is 5.54. The van der Waals surface area contributed by atoms with Crippen LogP contribution in [0, 0.1) is 13.8 Å². The third-order valence-corrected chi connectivity index (χ3v) is 3.39. The minimum atomic E-state index is 0.0381. The van der Waals surface area contributed by atoms with Crippen molar-refractivity contribution in [3.63, 3.8) is 0 Å². The van der Waals surface area contributed by atoms with Crippen LogP contribution < -0.4 is 0 Å². The van der Waals surface area contributed by atoms with Gasteiger partial charge in [0.15, 0.2) is 5.78 Å². The lowest BCUT2D eigenvalue weighted by Crippen LogP contribution is -2.18. The molecule has 0 N–H and O–H groups in total. The van der Waals surface area contributed by atoms with Crippen molar-refractivity contribution in [1.82, 2.24) is 0 Å². The zero-order valence-corrected chi connectivity index (χ0v) is 11.1. The van der Waals surface area contributed by atoms with E-state index in [1.165, 1.54) is 5.56 Å². The number of benzene rings is 1. The van der Waals surface area contributed by atoms with Gasteiger partial charge in [-0.05, 0) is 43.9 Å². The average Bonchev–Trinajstić information content (AvgIpc) is 2.85. The summed E-state index contributed by atoms with van der Waals surface area (Å²) >= 11 is 0. The van der Waals surface area contributed by atoms with Crippen molar-refractivity contribution in [3.05, 3.63) is 34.9 Å². The van der Waals surface area contributed by atoms with Crippen LogP contribution in [0.5, 0.6) is 0 Å². The summed E-state index contributed by atoms with van der Waals surface area (Å²) in [5.74, 6) is 0.0381. The van der Waals surface area contributed by atoms with Gasteiger partial charge in [0.2, 0.25) is 0 Å². The van der Waals surface area contributed by atoms with E-state index < -0.39 is 0 Å². The molecule has 0 aromatic heterocycles. The molecule has 1 unspecified atom stereocenters. The highest BCUT2D eigenvalue weighted by molar-refractivity contribution is 5.97. The van der Waals surface area contributed by atoms with Gasteiger partial charge in [0.1, 0.15) is 6.61 Å². The Bertz CT molecular complexity index is 420.